The van der Waals surface area contributed by atoms with Gasteiger partial charge in [0, 0.05) is 32.7 Å². The van der Waals surface area contributed by atoms with Crippen molar-refractivity contribution in [1.82, 2.24) is 14.7 Å². The number of unbranched alkanes of at least 4 members (excludes halogenated alkanes) is 1. The van der Waals surface area contributed by atoms with Crippen LogP contribution in [-0.4, -0.2) is 78.9 Å². The molecular weight excluding hydrogens is 312 g/mol. The number of carbonyl (C=O) groups excluding carboxylic acids is 1. The maximum atomic E-state index is 14.1. The molecule has 0 aromatic carbocycles. The number of hydrogen-bond donors (Lipinski definition) is 0. The molecule has 0 aromatic rings. The van der Waals surface area contributed by atoms with E-state index in [1.54, 1.807) is 0 Å². The van der Waals surface area contributed by atoms with Crippen LogP contribution in [-0.2, 0) is 4.79 Å². The van der Waals surface area contributed by atoms with Crippen molar-refractivity contribution in [2.24, 2.45) is 0 Å². The van der Waals surface area contributed by atoms with Crippen LogP contribution >= 0.6 is 0 Å². The highest BCUT2D eigenvalue weighted by molar-refractivity contribution is 5.47. The normalized spacial score (nSPS) is 24.3. The number of piperidine rings is 1. The lowest BCUT2D eigenvalue weighted by molar-refractivity contribution is -0.147. The van der Waals surface area contributed by atoms with Crippen LogP contribution in [0.1, 0.15) is 53.9 Å². The lowest BCUT2D eigenvalue weighted by atomic mass is 9.98. The van der Waals surface area contributed by atoms with Crippen LogP contribution < -0.4 is 0 Å². The number of halogens is 2. The number of carbonyl (C=O) groups is 1. The Morgan fingerprint density at radius 1 is 1.04 bits per heavy atom. The standard InChI is InChI=1S/C14H25F2N3O.2C2H6/c1-2-3-5-17-7-9-19(10-8-17)13-4-6-18(12-20)11-14(13,15)16;2*1-2/h12-13H,2-11H2,1H3;2*1-2H3. The Labute approximate surface area is 147 Å². The quantitative estimate of drug-likeness (QED) is 0.713. The zero-order valence-corrected chi connectivity index (χ0v) is 16.2. The van der Waals surface area contributed by atoms with Gasteiger partial charge >= 0.3 is 0 Å². The number of likely N-dealkylation sites (tertiary alicyclic amines) is 1. The molecule has 24 heavy (non-hydrogen) atoms. The van der Waals surface area contributed by atoms with Crippen molar-refractivity contribution in [3.05, 3.63) is 0 Å². The molecule has 2 rings (SSSR count). The highest BCUT2D eigenvalue weighted by atomic mass is 19.3. The fourth-order valence-corrected chi connectivity index (χ4v) is 3.17. The van der Waals surface area contributed by atoms with Crippen molar-refractivity contribution in [3.8, 4) is 0 Å². The fraction of sp³-hybridized carbons (Fsp3) is 0.944. The smallest absolute Gasteiger partial charge is 0.280 e. The van der Waals surface area contributed by atoms with Gasteiger partial charge in [0.05, 0.1) is 12.6 Å². The van der Waals surface area contributed by atoms with Crippen LogP contribution in [0.5, 0.6) is 0 Å². The molecule has 2 aliphatic heterocycles. The molecule has 4 nitrogen and oxygen atoms in total. The molecule has 0 radical (unpaired) electrons. The maximum absolute atomic E-state index is 14.1. The van der Waals surface area contributed by atoms with Gasteiger partial charge in [-0.1, -0.05) is 41.0 Å². The monoisotopic (exact) mass is 349 g/mol. The predicted molar refractivity (Wildman–Crippen MR) is 96.6 cm³/mol. The number of piperazine rings is 1. The summed E-state index contributed by atoms with van der Waals surface area (Å²) < 4.78 is 28.3. The van der Waals surface area contributed by atoms with Gasteiger partial charge in [0.2, 0.25) is 6.41 Å². The van der Waals surface area contributed by atoms with E-state index in [4.69, 9.17) is 0 Å². The van der Waals surface area contributed by atoms with E-state index in [2.05, 4.69) is 11.8 Å². The van der Waals surface area contributed by atoms with Crippen molar-refractivity contribution >= 4 is 6.41 Å². The Morgan fingerprint density at radius 3 is 2.08 bits per heavy atom. The number of rotatable bonds is 5. The fourth-order valence-electron chi connectivity index (χ4n) is 3.17. The Hall–Kier alpha value is -0.750. The Bertz CT molecular complexity index is 321. The molecule has 1 atom stereocenters. The zero-order chi connectivity index (χ0) is 18.6. The third-order valence-corrected chi connectivity index (χ3v) is 4.42. The van der Waals surface area contributed by atoms with Gasteiger partial charge in [-0.3, -0.25) is 9.69 Å². The zero-order valence-electron chi connectivity index (χ0n) is 16.2. The molecule has 0 bridgehead atoms. The van der Waals surface area contributed by atoms with Gasteiger partial charge in [0.15, 0.2) is 0 Å². The molecule has 2 fully saturated rings. The summed E-state index contributed by atoms with van der Waals surface area (Å²) in [5, 5.41) is 0. The van der Waals surface area contributed by atoms with Crippen LogP contribution in [0.2, 0.25) is 0 Å². The molecule has 0 saturated carbocycles. The SMILES string of the molecule is CC.CC.CCCCN1CCN(C2CCN(C=O)CC2(F)F)CC1. The highest BCUT2D eigenvalue weighted by Gasteiger charge is 2.47. The van der Waals surface area contributed by atoms with E-state index in [0.29, 0.717) is 32.5 Å². The van der Waals surface area contributed by atoms with Crippen molar-refractivity contribution in [1.29, 1.82) is 0 Å². The van der Waals surface area contributed by atoms with Gasteiger partial charge < -0.3 is 9.80 Å². The molecule has 2 saturated heterocycles. The van der Waals surface area contributed by atoms with Crippen molar-refractivity contribution in [2.45, 2.75) is 65.8 Å². The number of amides is 1. The van der Waals surface area contributed by atoms with E-state index in [9.17, 15) is 13.6 Å². The molecule has 0 aromatic heterocycles. The van der Waals surface area contributed by atoms with Crippen molar-refractivity contribution in [2.75, 3.05) is 45.8 Å². The highest BCUT2D eigenvalue weighted by Crippen LogP contribution is 2.31. The molecule has 1 amide bonds. The molecule has 144 valence electrons. The Balaban J connectivity index is 0.00000123. The molecule has 1 unspecified atom stereocenters. The number of hydrogen-bond acceptors (Lipinski definition) is 3. The van der Waals surface area contributed by atoms with Gasteiger partial charge in [-0.05, 0) is 19.4 Å². The van der Waals surface area contributed by atoms with Gasteiger partial charge in [-0.25, -0.2) is 8.78 Å². The van der Waals surface area contributed by atoms with E-state index in [1.807, 2.05) is 32.6 Å². The van der Waals surface area contributed by atoms with Crippen molar-refractivity contribution < 1.29 is 13.6 Å². The minimum atomic E-state index is -2.79. The predicted octanol–water partition coefficient (Wildman–Crippen LogP) is 3.32. The molecule has 0 spiro atoms. The second-order valence-electron chi connectivity index (χ2n) is 5.87. The maximum Gasteiger partial charge on any atom is 0.280 e. The van der Waals surface area contributed by atoms with E-state index in [1.165, 1.54) is 17.7 Å². The summed E-state index contributed by atoms with van der Waals surface area (Å²) in [5.41, 5.74) is 0. The minimum Gasteiger partial charge on any atom is -0.339 e. The first-order valence-electron chi connectivity index (χ1n) is 9.60. The average Bonchev–Trinajstić information content (AvgIpc) is 2.63. The van der Waals surface area contributed by atoms with Crippen LogP contribution in [0.3, 0.4) is 0 Å². The van der Waals surface area contributed by atoms with Crippen molar-refractivity contribution in [3.63, 3.8) is 0 Å². The Morgan fingerprint density at radius 2 is 1.62 bits per heavy atom. The van der Waals surface area contributed by atoms with Crippen LogP contribution in [0.15, 0.2) is 0 Å². The number of alkyl halides is 2. The van der Waals surface area contributed by atoms with E-state index < -0.39 is 18.5 Å². The number of nitrogens with zero attached hydrogens (tertiary/aromatic N) is 3. The molecule has 2 heterocycles. The summed E-state index contributed by atoms with van der Waals surface area (Å²) in [6, 6.07) is -0.702. The van der Waals surface area contributed by atoms with E-state index in [0.717, 1.165) is 19.6 Å². The summed E-state index contributed by atoms with van der Waals surface area (Å²) in [4.78, 5) is 16.1. The third-order valence-electron chi connectivity index (χ3n) is 4.42. The Kier molecular flexibility index (Phi) is 12.2. The third kappa shape index (κ3) is 7.01. The van der Waals surface area contributed by atoms with Gasteiger partial charge in [-0.2, -0.15) is 0 Å². The van der Waals surface area contributed by atoms with E-state index >= 15 is 0 Å². The van der Waals surface area contributed by atoms with Crippen LogP contribution in [0.25, 0.3) is 0 Å². The lowest BCUT2D eigenvalue weighted by Gasteiger charge is -2.45. The second kappa shape index (κ2) is 12.6. The second-order valence-corrected chi connectivity index (χ2v) is 5.87. The summed E-state index contributed by atoms with van der Waals surface area (Å²) in [7, 11) is 0. The van der Waals surface area contributed by atoms with Gasteiger partial charge in [0.1, 0.15) is 0 Å². The van der Waals surface area contributed by atoms with Crippen LogP contribution in [0.4, 0.5) is 8.78 Å². The topological polar surface area (TPSA) is 26.8 Å². The van der Waals surface area contributed by atoms with Crippen LogP contribution in [0, 0.1) is 0 Å². The lowest BCUT2D eigenvalue weighted by Crippen LogP contribution is -2.61. The summed E-state index contributed by atoms with van der Waals surface area (Å²) >= 11 is 0. The summed E-state index contributed by atoms with van der Waals surface area (Å²) in [6.07, 6.45) is 3.25. The van der Waals surface area contributed by atoms with Gasteiger partial charge in [0.25, 0.3) is 5.92 Å². The molecule has 0 aliphatic carbocycles. The first kappa shape index (κ1) is 23.2. The largest absolute Gasteiger partial charge is 0.339 e. The molecular formula is C18H37F2N3O. The summed E-state index contributed by atoms with van der Waals surface area (Å²) in [6.45, 7) is 14.4. The van der Waals surface area contributed by atoms with Gasteiger partial charge in [-0.15, -0.1) is 0 Å². The molecule has 2 aliphatic rings. The van der Waals surface area contributed by atoms with E-state index in [-0.39, 0.29) is 0 Å². The first-order valence-corrected chi connectivity index (χ1v) is 9.60. The average molecular weight is 350 g/mol. The molecule has 6 heteroatoms. The first-order chi connectivity index (χ1) is 11.6. The minimum absolute atomic E-state index is 0.376. The molecule has 0 N–H and O–H groups in total. The summed E-state index contributed by atoms with van der Waals surface area (Å²) in [5.74, 6) is -2.79.